The summed E-state index contributed by atoms with van der Waals surface area (Å²) in [6, 6.07) is 8.19. The summed E-state index contributed by atoms with van der Waals surface area (Å²) in [6.07, 6.45) is 6.38. The third kappa shape index (κ3) is 3.24. The minimum Gasteiger partial charge on any atom is -0.508 e. The van der Waals surface area contributed by atoms with E-state index in [0.717, 1.165) is 13.0 Å². The zero-order valence-corrected chi connectivity index (χ0v) is 9.08. The molecule has 0 spiro atoms. The van der Waals surface area contributed by atoms with Crippen molar-refractivity contribution in [1.29, 1.82) is 0 Å². The minimum absolute atomic E-state index is 0.354. The lowest BCUT2D eigenvalue weighted by Crippen LogP contribution is -2.30. The summed E-state index contributed by atoms with van der Waals surface area (Å²) < 4.78 is 0. The molecule has 1 aliphatic heterocycles. The summed E-state index contributed by atoms with van der Waals surface area (Å²) in [7, 11) is 0. The van der Waals surface area contributed by atoms with Gasteiger partial charge in [-0.15, -0.1) is 0 Å². The summed E-state index contributed by atoms with van der Waals surface area (Å²) in [5, 5.41) is 12.8. The molecular formula is C13H19NO. The molecule has 0 aromatic heterocycles. The zero-order valence-electron chi connectivity index (χ0n) is 9.08. The van der Waals surface area contributed by atoms with Gasteiger partial charge < -0.3 is 10.4 Å². The molecule has 1 atom stereocenters. The van der Waals surface area contributed by atoms with E-state index in [2.05, 4.69) is 5.32 Å². The average Bonchev–Trinajstić information content (AvgIpc) is 2.50. The Kier molecular flexibility index (Phi) is 3.62. The van der Waals surface area contributed by atoms with Crippen molar-refractivity contribution in [2.75, 3.05) is 6.54 Å². The van der Waals surface area contributed by atoms with Gasteiger partial charge in [-0.25, -0.2) is 0 Å². The first kappa shape index (κ1) is 10.5. The summed E-state index contributed by atoms with van der Waals surface area (Å²) in [5.41, 5.74) is 1.31. The van der Waals surface area contributed by atoms with Crippen LogP contribution in [0.25, 0.3) is 0 Å². The number of benzene rings is 1. The molecule has 1 saturated heterocycles. The summed E-state index contributed by atoms with van der Waals surface area (Å²) in [5.74, 6) is 0.354. The molecule has 82 valence electrons. The van der Waals surface area contributed by atoms with Crippen LogP contribution in [-0.2, 0) is 6.42 Å². The zero-order chi connectivity index (χ0) is 10.5. The Morgan fingerprint density at radius 2 is 1.93 bits per heavy atom. The van der Waals surface area contributed by atoms with Crippen LogP contribution in [0.5, 0.6) is 5.75 Å². The van der Waals surface area contributed by atoms with Gasteiger partial charge in [-0.05, 0) is 43.5 Å². The van der Waals surface area contributed by atoms with Crippen molar-refractivity contribution in [1.82, 2.24) is 5.32 Å². The van der Waals surface area contributed by atoms with E-state index in [9.17, 15) is 5.11 Å². The van der Waals surface area contributed by atoms with E-state index in [1.54, 1.807) is 12.1 Å². The number of hydrogen-bond donors (Lipinski definition) is 2. The maximum Gasteiger partial charge on any atom is 0.115 e. The molecule has 1 unspecified atom stereocenters. The molecule has 0 saturated carbocycles. The molecule has 2 nitrogen and oxygen atoms in total. The highest BCUT2D eigenvalue weighted by molar-refractivity contribution is 5.26. The molecule has 2 rings (SSSR count). The Hall–Kier alpha value is -1.02. The predicted molar refractivity (Wildman–Crippen MR) is 62.1 cm³/mol. The lowest BCUT2D eigenvalue weighted by Gasteiger charge is -2.15. The van der Waals surface area contributed by atoms with Gasteiger partial charge in [0.15, 0.2) is 0 Å². The minimum atomic E-state index is 0.354. The topological polar surface area (TPSA) is 32.3 Å². The van der Waals surface area contributed by atoms with Crippen LogP contribution in [0, 0.1) is 0 Å². The van der Waals surface area contributed by atoms with Crippen molar-refractivity contribution < 1.29 is 5.11 Å². The van der Waals surface area contributed by atoms with Gasteiger partial charge in [0.1, 0.15) is 5.75 Å². The number of rotatable bonds is 2. The quantitative estimate of drug-likeness (QED) is 0.777. The second-order valence-electron chi connectivity index (χ2n) is 4.37. The smallest absolute Gasteiger partial charge is 0.115 e. The first-order valence-corrected chi connectivity index (χ1v) is 5.86. The molecule has 2 N–H and O–H groups in total. The van der Waals surface area contributed by atoms with E-state index in [-0.39, 0.29) is 0 Å². The summed E-state index contributed by atoms with van der Waals surface area (Å²) in [4.78, 5) is 0. The van der Waals surface area contributed by atoms with Crippen LogP contribution < -0.4 is 5.32 Å². The molecule has 0 amide bonds. The van der Waals surface area contributed by atoms with Gasteiger partial charge in [-0.3, -0.25) is 0 Å². The predicted octanol–water partition coefficient (Wildman–Crippen LogP) is 2.47. The molecule has 0 aliphatic carbocycles. The van der Waals surface area contributed by atoms with Crippen LogP contribution in [0.1, 0.15) is 31.2 Å². The fourth-order valence-corrected chi connectivity index (χ4v) is 2.19. The van der Waals surface area contributed by atoms with Crippen LogP contribution in [0.4, 0.5) is 0 Å². The average molecular weight is 205 g/mol. The van der Waals surface area contributed by atoms with Gasteiger partial charge in [0.2, 0.25) is 0 Å². The maximum absolute atomic E-state index is 9.19. The van der Waals surface area contributed by atoms with Gasteiger partial charge in [0.25, 0.3) is 0 Å². The molecule has 1 aromatic rings. The van der Waals surface area contributed by atoms with Crippen molar-refractivity contribution in [3.8, 4) is 5.75 Å². The summed E-state index contributed by atoms with van der Waals surface area (Å²) >= 11 is 0. The van der Waals surface area contributed by atoms with Gasteiger partial charge in [-0.2, -0.15) is 0 Å². The van der Waals surface area contributed by atoms with Crippen LogP contribution in [0.2, 0.25) is 0 Å². The molecule has 1 aliphatic rings. The highest BCUT2D eigenvalue weighted by Crippen LogP contribution is 2.15. The summed E-state index contributed by atoms with van der Waals surface area (Å²) in [6.45, 7) is 1.16. The Labute approximate surface area is 91.3 Å². The number of nitrogens with one attached hydrogen (secondary N) is 1. The molecule has 1 heterocycles. The fraction of sp³-hybridized carbons (Fsp3) is 0.538. The van der Waals surface area contributed by atoms with Crippen molar-refractivity contribution >= 4 is 0 Å². The highest BCUT2D eigenvalue weighted by Gasteiger charge is 2.11. The second-order valence-corrected chi connectivity index (χ2v) is 4.37. The van der Waals surface area contributed by atoms with Crippen LogP contribution in [-0.4, -0.2) is 17.7 Å². The molecule has 1 aromatic carbocycles. The Morgan fingerprint density at radius 3 is 2.73 bits per heavy atom. The molecule has 0 bridgehead atoms. The largest absolute Gasteiger partial charge is 0.508 e. The van der Waals surface area contributed by atoms with Crippen molar-refractivity contribution in [3.63, 3.8) is 0 Å². The first-order valence-electron chi connectivity index (χ1n) is 5.86. The number of aromatic hydroxyl groups is 1. The Bertz CT molecular complexity index is 286. The lowest BCUT2D eigenvalue weighted by molar-refractivity contribution is 0.474. The number of phenolic OH excluding ortho intramolecular Hbond substituents is 1. The SMILES string of the molecule is Oc1ccc(CC2CCCCCN2)cc1. The molecule has 2 heteroatoms. The van der Waals surface area contributed by atoms with Crippen LogP contribution in [0.15, 0.2) is 24.3 Å². The van der Waals surface area contributed by atoms with Crippen molar-refractivity contribution in [2.24, 2.45) is 0 Å². The highest BCUT2D eigenvalue weighted by atomic mass is 16.3. The second kappa shape index (κ2) is 5.17. The third-order valence-corrected chi connectivity index (χ3v) is 3.08. The maximum atomic E-state index is 9.19. The number of phenols is 1. The van der Waals surface area contributed by atoms with E-state index in [1.165, 1.54) is 31.2 Å². The van der Waals surface area contributed by atoms with Crippen LogP contribution >= 0.6 is 0 Å². The number of hydrogen-bond acceptors (Lipinski definition) is 2. The third-order valence-electron chi connectivity index (χ3n) is 3.08. The van der Waals surface area contributed by atoms with Gasteiger partial charge in [0.05, 0.1) is 0 Å². The van der Waals surface area contributed by atoms with E-state index in [0.29, 0.717) is 11.8 Å². The van der Waals surface area contributed by atoms with E-state index in [1.807, 2.05) is 12.1 Å². The molecule has 15 heavy (non-hydrogen) atoms. The van der Waals surface area contributed by atoms with Crippen LogP contribution in [0.3, 0.4) is 0 Å². The van der Waals surface area contributed by atoms with Gasteiger partial charge in [0, 0.05) is 6.04 Å². The van der Waals surface area contributed by atoms with E-state index < -0.39 is 0 Å². The molecule has 0 radical (unpaired) electrons. The normalized spacial score (nSPS) is 22.3. The van der Waals surface area contributed by atoms with Crippen molar-refractivity contribution in [2.45, 2.75) is 38.1 Å². The Balaban J connectivity index is 1.92. The Morgan fingerprint density at radius 1 is 1.13 bits per heavy atom. The molecular weight excluding hydrogens is 186 g/mol. The van der Waals surface area contributed by atoms with Gasteiger partial charge >= 0.3 is 0 Å². The molecule has 1 fully saturated rings. The fourth-order valence-electron chi connectivity index (χ4n) is 2.19. The monoisotopic (exact) mass is 205 g/mol. The first-order chi connectivity index (χ1) is 7.34. The van der Waals surface area contributed by atoms with E-state index >= 15 is 0 Å². The van der Waals surface area contributed by atoms with Gasteiger partial charge in [-0.1, -0.05) is 25.0 Å². The van der Waals surface area contributed by atoms with Crippen molar-refractivity contribution in [3.05, 3.63) is 29.8 Å². The standard InChI is InChI=1S/C13H19NO/c15-13-7-5-11(6-8-13)10-12-4-2-1-3-9-14-12/h5-8,12,14-15H,1-4,9-10H2. The lowest BCUT2D eigenvalue weighted by atomic mass is 10.0. The van der Waals surface area contributed by atoms with E-state index in [4.69, 9.17) is 0 Å².